The third-order valence-electron chi connectivity index (χ3n) is 3.11. The Kier molecular flexibility index (Phi) is 2.31. The number of nitroso groups, excluding NO2 is 1. The van der Waals surface area contributed by atoms with Crippen molar-refractivity contribution in [1.29, 1.82) is 0 Å². The van der Waals surface area contributed by atoms with Crippen molar-refractivity contribution in [2.45, 2.75) is 37.1 Å². The molecule has 2 saturated heterocycles. The summed E-state index contributed by atoms with van der Waals surface area (Å²) in [5, 5.41) is 21.9. The first-order valence-corrected chi connectivity index (χ1v) is 4.65. The van der Waals surface area contributed by atoms with Gasteiger partial charge in [0, 0.05) is 19.1 Å². The number of piperidine rings is 1. The summed E-state index contributed by atoms with van der Waals surface area (Å²) in [5.74, 6) is 0. The molecule has 4 atom stereocenters. The molecular formula is C8H14N2O3. The van der Waals surface area contributed by atoms with Crippen LogP contribution in [0.15, 0.2) is 5.18 Å². The molecule has 13 heavy (non-hydrogen) atoms. The SMILES string of the molecule is O=N[C@H]1CN2CCC(O)C2CC1O. The predicted octanol–water partition coefficient (Wildman–Crippen LogP) is -0.679. The standard InChI is InChI=1S/C8H14N2O3/c11-7-1-2-10-4-5(9-13)8(12)3-6(7)10/h5-8,11-12H,1-4H2/t5-,6?,7?,8?/m0/s1. The van der Waals surface area contributed by atoms with E-state index in [0.717, 1.165) is 13.0 Å². The number of fused-ring (bicyclic) bond motifs is 1. The molecule has 74 valence electrons. The highest BCUT2D eigenvalue weighted by Crippen LogP contribution is 2.28. The number of hydrogen-bond donors (Lipinski definition) is 2. The summed E-state index contributed by atoms with van der Waals surface area (Å²) < 4.78 is 0. The molecule has 0 bridgehead atoms. The predicted molar refractivity (Wildman–Crippen MR) is 46.2 cm³/mol. The van der Waals surface area contributed by atoms with Gasteiger partial charge >= 0.3 is 0 Å². The second-order valence-electron chi connectivity index (χ2n) is 3.89. The summed E-state index contributed by atoms with van der Waals surface area (Å²) in [6, 6.07) is -0.477. The summed E-state index contributed by atoms with van der Waals surface area (Å²) in [6.07, 6.45) is 0.189. The van der Waals surface area contributed by atoms with Crippen LogP contribution in [0, 0.1) is 4.91 Å². The van der Waals surface area contributed by atoms with E-state index in [1.165, 1.54) is 0 Å². The largest absolute Gasteiger partial charge is 0.391 e. The topological polar surface area (TPSA) is 73.1 Å². The highest BCUT2D eigenvalue weighted by molar-refractivity contribution is 4.97. The Morgan fingerprint density at radius 3 is 2.77 bits per heavy atom. The molecule has 3 unspecified atom stereocenters. The Morgan fingerprint density at radius 2 is 2.08 bits per heavy atom. The Bertz CT molecular complexity index is 212. The molecule has 0 radical (unpaired) electrons. The maximum atomic E-state index is 10.3. The number of aliphatic hydroxyl groups excluding tert-OH is 2. The number of nitrogens with zero attached hydrogens (tertiary/aromatic N) is 2. The summed E-state index contributed by atoms with van der Waals surface area (Å²) >= 11 is 0. The van der Waals surface area contributed by atoms with Crippen molar-refractivity contribution in [1.82, 2.24) is 4.90 Å². The van der Waals surface area contributed by atoms with Crippen molar-refractivity contribution in [3.8, 4) is 0 Å². The maximum Gasteiger partial charge on any atom is 0.130 e. The molecule has 0 aromatic carbocycles. The Labute approximate surface area is 76.3 Å². The molecule has 2 N–H and O–H groups in total. The number of aliphatic hydroxyl groups is 2. The van der Waals surface area contributed by atoms with Gasteiger partial charge in [0.15, 0.2) is 0 Å². The van der Waals surface area contributed by atoms with Crippen LogP contribution in [0.3, 0.4) is 0 Å². The van der Waals surface area contributed by atoms with Gasteiger partial charge in [0.05, 0.1) is 12.2 Å². The van der Waals surface area contributed by atoms with Gasteiger partial charge in [-0.05, 0) is 12.8 Å². The third-order valence-corrected chi connectivity index (χ3v) is 3.11. The van der Waals surface area contributed by atoms with Crippen LogP contribution >= 0.6 is 0 Å². The third kappa shape index (κ3) is 1.47. The maximum absolute atomic E-state index is 10.3. The molecule has 0 amide bonds. The summed E-state index contributed by atoms with van der Waals surface area (Å²) in [6.45, 7) is 1.30. The lowest BCUT2D eigenvalue weighted by Gasteiger charge is -2.36. The van der Waals surface area contributed by atoms with E-state index in [-0.39, 0.29) is 12.1 Å². The Morgan fingerprint density at radius 1 is 1.31 bits per heavy atom. The van der Waals surface area contributed by atoms with Gasteiger partial charge in [-0.15, -0.1) is 0 Å². The average Bonchev–Trinajstić information content (AvgIpc) is 2.47. The van der Waals surface area contributed by atoms with Crippen LogP contribution in [0.1, 0.15) is 12.8 Å². The lowest BCUT2D eigenvalue weighted by Crippen LogP contribution is -2.51. The van der Waals surface area contributed by atoms with Crippen LogP contribution in [-0.2, 0) is 0 Å². The van der Waals surface area contributed by atoms with Crippen molar-refractivity contribution in [3.05, 3.63) is 4.91 Å². The smallest absolute Gasteiger partial charge is 0.130 e. The van der Waals surface area contributed by atoms with Gasteiger partial charge in [-0.1, -0.05) is 5.18 Å². The summed E-state index contributed by atoms with van der Waals surface area (Å²) in [4.78, 5) is 12.4. The number of rotatable bonds is 1. The van der Waals surface area contributed by atoms with E-state index < -0.39 is 12.1 Å². The van der Waals surface area contributed by atoms with Crippen LogP contribution < -0.4 is 0 Å². The van der Waals surface area contributed by atoms with Crippen LogP contribution in [0.4, 0.5) is 0 Å². The van der Waals surface area contributed by atoms with Crippen molar-refractivity contribution >= 4 is 0 Å². The van der Waals surface area contributed by atoms with Crippen molar-refractivity contribution < 1.29 is 10.2 Å². The van der Waals surface area contributed by atoms with E-state index >= 15 is 0 Å². The monoisotopic (exact) mass is 186 g/mol. The van der Waals surface area contributed by atoms with E-state index in [9.17, 15) is 15.1 Å². The first kappa shape index (κ1) is 9.05. The van der Waals surface area contributed by atoms with E-state index in [1.807, 2.05) is 4.90 Å². The van der Waals surface area contributed by atoms with Gasteiger partial charge in [-0.25, -0.2) is 0 Å². The molecule has 0 aliphatic carbocycles. The highest BCUT2D eigenvalue weighted by atomic mass is 16.3. The minimum absolute atomic E-state index is 0.0352. The normalized spacial score (nSPS) is 46.0. The second kappa shape index (κ2) is 3.32. The van der Waals surface area contributed by atoms with E-state index in [2.05, 4.69) is 5.18 Å². The van der Waals surface area contributed by atoms with Gasteiger partial charge < -0.3 is 10.2 Å². The molecular weight excluding hydrogens is 172 g/mol. The zero-order valence-corrected chi connectivity index (χ0v) is 7.33. The molecule has 5 heteroatoms. The molecule has 0 aromatic heterocycles. The molecule has 2 rings (SSSR count). The van der Waals surface area contributed by atoms with Crippen LogP contribution in [0.2, 0.25) is 0 Å². The fraction of sp³-hybridized carbons (Fsp3) is 1.00. The summed E-state index contributed by atoms with van der Waals surface area (Å²) in [5.41, 5.74) is 0. The second-order valence-corrected chi connectivity index (χ2v) is 3.89. The zero-order chi connectivity index (χ0) is 9.42. The van der Waals surface area contributed by atoms with Crippen LogP contribution in [0.25, 0.3) is 0 Å². The zero-order valence-electron chi connectivity index (χ0n) is 7.33. The minimum atomic E-state index is -0.675. The highest BCUT2D eigenvalue weighted by Gasteiger charge is 2.42. The minimum Gasteiger partial charge on any atom is -0.391 e. The van der Waals surface area contributed by atoms with Gasteiger partial charge in [-0.3, -0.25) is 4.90 Å². The van der Waals surface area contributed by atoms with Gasteiger partial charge in [-0.2, -0.15) is 4.91 Å². The molecule has 2 heterocycles. The van der Waals surface area contributed by atoms with Gasteiger partial charge in [0.25, 0.3) is 0 Å². The quantitative estimate of drug-likeness (QED) is 0.532. The van der Waals surface area contributed by atoms with Crippen molar-refractivity contribution in [3.63, 3.8) is 0 Å². The lowest BCUT2D eigenvalue weighted by atomic mass is 9.95. The molecule has 0 spiro atoms. The Balaban J connectivity index is 2.06. The van der Waals surface area contributed by atoms with Gasteiger partial charge in [0.1, 0.15) is 6.04 Å². The number of hydrogen-bond acceptors (Lipinski definition) is 5. The first-order valence-electron chi connectivity index (χ1n) is 4.65. The fourth-order valence-electron chi connectivity index (χ4n) is 2.30. The molecule has 0 aromatic rings. The molecule has 2 aliphatic heterocycles. The first-order chi connectivity index (χ1) is 6.22. The van der Waals surface area contributed by atoms with Crippen molar-refractivity contribution in [2.75, 3.05) is 13.1 Å². The van der Waals surface area contributed by atoms with Crippen LogP contribution in [0.5, 0.6) is 0 Å². The average molecular weight is 186 g/mol. The van der Waals surface area contributed by atoms with E-state index in [4.69, 9.17) is 0 Å². The van der Waals surface area contributed by atoms with Gasteiger partial charge in [0.2, 0.25) is 0 Å². The molecule has 5 nitrogen and oxygen atoms in total. The van der Waals surface area contributed by atoms with Crippen molar-refractivity contribution in [2.24, 2.45) is 5.18 Å². The summed E-state index contributed by atoms with van der Waals surface area (Å²) in [7, 11) is 0. The van der Waals surface area contributed by atoms with E-state index in [0.29, 0.717) is 13.0 Å². The molecule has 2 fully saturated rings. The lowest BCUT2D eigenvalue weighted by molar-refractivity contribution is 0.0101. The fourth-order valence-corrected chi connectivity index (χ4v) is 2.30. The van der Waals surface area contributed by atoms with E-state index in [1.54, 1.807) is 0 Å². The Hall–Kier alpha value is -0.520. The molecule has 0 saturated carbocycles. The molecule has 2 aliphatic rings. The van der Waals surface area contributed by atoms with Crippen LogP contribution in [-0.4, -0.2) is 52.5 Å².